The zero-order valence-corrected chi connectivity index (χ0v) is 15.8. The molecule has 2 aromatic carbocycles. The summed E-state index contributed by atoms with van der Waals surface area (Å²) in [6.45, 7) is 3.22. The summed E-state index contributed by atoms with van der Waals surface area (Å²) in [6, 6.07) is 15.7. The number of aryl methyl sites for hydroxylation is 1. The zero-order valence-electron chi connectivity index (χ0n) is 15.8. The summed E-state index contributed by atoms with van der Waals surface area (Å²) < 4.78 is 10.8. The second-order valence-corrected chi connectivity index (χ2v) is 6.21. The van der Waals surface area contributed by atoms with E-state index < -0.39 is 0 Å². The minimum absolute atomic E-state index is 0.0194. The first-order valence-corrected chi connectivity index (χ1v) is 8.97. The largest absolute Gasteiger partial charge is 0.494 e. The third-order valence-electron chi connectivity index (χ3n) is 3.92. The molecule has 0 saturated carbocycles. The highest BCUT2D eigenvalue weighted by Crippen LogP contribution is 2.17. The lowest BCUT2D eigenvalue weighted by atomic mass is 10.1. The molecule has 0 aromatic heterocycles. The Hall–Kier alpha value is -2.69. The van der Waals surface area contributed by atoms with E-state index in [1.807, 2.05) is 33.2 Å². The topological polar surface area (TPSA) is 50.8 Å². The molecule has 5 heteroatoms. The highest BCUT2D eigenvalue weighted by molar-refractivity contribution is 5.77. The predicted molar refractivity (Wildman–Crippen MR) is 105 cm³/mol. The predicted octanol–water partition coefficient (Wildman–Crippen LogP) is 3.28. The van der Waals surface area contributed by atoms with Gasteiger partial charge in [0, 0.05) is 26.3 Å². The van der Waals surface area contributed by atoms with Crippen molar-refractivity contribution in [1.82, 2.24) is 5.32 Å². The van der Waals surface area contributed by atoms with E-state index in [1.165, 1.54) is 11.3 Å². The molecule has 0 heterocycles. The number of nitrogens with zero attached hydrogens (tertiary/aromatic N) is 1. The molecule has 140 valence electrons. The maximum atomic E-state index is 11.9. The molecule has 1 N–H and O–H groups in total. The maximum Gasteiger partial charge on any atom is 0.257 e. The van der Waals surface area contributed by atoms with Gasteiger partial charge in [-0.1, -0.05) is 12.1 Å². The van der Waals surface area contributed by atoms with Crippen molar-refractivity contribution in [2.45, 2.75) is 19.8 Å². The lowest BCUT2D eigenvalue weighted by molar-refractivity contribution is -0.123. The molecule has 0 aliphatic heterocycles. The van der Waals surface area contributed by atoms with E-state index in [4.69, 9.17) is 9.47 Å². The number of rotatable bonds is 10. The fourth-order valence-corrected chi connectivity index (χ4v) is 2.48. The van der Waals surface area contributed by atoms with E-state index >= 15 is 0 Å². The summed E-state index contributed by atoms with van der Waals surface area (Å²) in [7, 11) is 4.06. The summed E-state index contributed by atoms with van der Waals surface area (Å²) in [5.74, 6) is 1.34. The highest BCUT2D eigenvalue weighted by atomic mass is 16.5. The van der Waals surface area contributed by atoms with Gasteiger partial charge in [-0.3, -0.25) is 4.79 Å². The van der Waals surface area contributed by atoms with Crippen LogP contribution in [0.4, 0.5) is 5.69 Å². The van der Waals surface area contributed by atoms with Gasteiger partial charge in [0.1, 0.15) is 11.5 Å². The normalized spacial score (nSPS) is 10.3. The Morgan fingerprint density at radius 1 is 0.962 bits per heavy atom. The number of hydrogen-bond donors (Lipinski definition) is 1. The average molecular weight is 356 g/mol. The Morgan fingerprint density at radius 3 is 2.15 bits per heavy atom. The lowest BCUT2D eigenvalue weighted by Crippen LogP contribution is -2.29. The van der Waals surface area contributed by atoms with Crippen molar-refractivity contribution in [3.63, 3.8) is 0 Å². The van der Waals surface area contributed by atoms with Crippen molar-refractivity contribution < 1.29 is 14.3 Å². The van der Waals surface area contributed by atoms with Crippen LogP contribution in [0.15, 0.2) is 48.5 Å². The van der Waals surface area contributed by atoms with E-state index in [1.54, 1.807) is 12.1 Å². The summed E-state index contributed by atoms with van der Waals surface area (Å²) in [5.41, 5.74) is 2.46. The number of nitrogens with one attached hydrogen (secondary N) is 1. The number of amides is 1. The van der Waals surface area contributed by atoms with Crippen LogP contribution in [0.2, 0.25) is 0 Å². The van der Waals surface area contributed by atoms with Gasteiger partial charge < -0.3 is 19.7 Å². The molecule has 0 radical (unpaired) electrons. The minimum Gasteiger partial charge on any atom is -0.494 e. The SMILES string of the molecule is CCOc1ccc(OCC(=O)NCCCc2ccc(N(C)C)cc2)cc1. The van der Waals surface area contributed by atoms with Crippen molar-refractivity contribution in [3.8, 4) is 11.5 Å². The van der Waals surface area contributed by atoms with Gasteiger partial charge in [0.15, 0.2) is 6.61 Å². The average Bonchev–Trinajstić information content (AvgIpc) is 2.65. The van der Waals surface area contributed by atoms with Gasteiger partial charge in [-0.25, -0.2) is 0 Å². The molecule has 0 aliphatic rings. The number of ether oxygens (including phenoxy) is 2. The van der Waals surface area contributed by atoms with E-state index in [-0.39, 0.29) is 12.5 Å². The molecular formula is C21H28N2O3. The van der Waals surface area contributed by atoms with Gasteiger partial charge in [0.2, 0.25) is 0 Å². The fourth-order valence-electron chi connectivity index (χ4n) is 2.48. The Labute approximate surface area is 155 Å². The van der Waals surface area contributed by atoms with Crippen LogP contribution in [0.5, 0.6) is 11.5 Å². The summed E-state index contributed by atoms with van der Waals surface area (Å²) in [6.07, 6.45) is 1.84. The zero-order chi connectivity index (χ0) is 18.8. The van der Waals surface area contributed by atoms with Crippen molar-refractivity contribution in [3.05, 3.63) is 54.1 Å². The first kappa shape index (κ1) is 19.6. The first-order valence-electron chi connectivity index (χ1n) is 8.97. The van der Waals surface area contributed by atoms with Crippen LogP contribution in [0.25, 0.3) is 0 Å². The maximum absolute atomic E-state index is 11.9. The van der Waals surface area contributed by atoms with Crippen molar-refractivity contribution >= 4 is 11.6 Å². The van der Waals surface area contributed by atoms with Crippen LogP contribution in [0.1, 0.15) is 18.9 Å². The van der Waals surface area contributed by atoms with Crippen molar-refractivity contribution in [2.75, 3.05) is 38.8 Å². The number of carbonyl (C=O) groups excluding carboxylic acids is 1. The minimum atomic E-state index is -0.109. The van der Waals surface area contributed by atoms with Gasteiger partial charge in [-0.2, -0.15) is 0 Å². The molecule has 0 spiro atoms. The van der Waals surface area contributed by atoms with E-state index in [0.29, 0.717) is 18.9 Å². The molecule has 5 nitrogen and oxygen atoms in total. The van der Waals surface area contributed by atoms with Crippen LogP contribution in [-0.4, -0.2) is 39.8 Å². The first-order chi connectivity index (χ1) is 12.6. The smallest absolute Gasteiger partial charge is 0.257 e. The number of benzene rings is 2. The van der Waals surface area contributed by atoms with Gasteiger partial charge >= 0.3 is 0 Å². The summed E-state index contributed by atoms with van der Waals surface area (Å²) in [4.78, 5) is 13.9. The van der Waals surface area contributed by atoms with Gasteiger partial charge in [-0.05, 0) is 61.7 Å². The molecule has 0 bridgehead atoms. The Morgan fingerprint density at radius 2 is 1.58 bits per heavy atom. The number of carbonyl (C=O) groups is 1. The molecule has 0 aliphatic carbocycles. The third-order valence-corrected chi connectivity index (χ3v) is 3.92. The van der Waals surface area contributed by atoms with E-state index in [0.717, 1.165) is 18.6 Å². The monoisotopic (exact) mass is 356 g/mol. The number of hydrogen-bond acceptors (Lipinski definition) is 4. The molecular weight excluding hydrogens is 328 g/mol. The molecule has 26 heavy (non-hydrogen) atoms. The van der Waals surface area contributed by atoms with Crippen molar-refractivity contribution in [1.29, 1.82) is 0 Å². The Bertz CT molecular complexity index is 667. The van der Waals surface area contributed by atoms with Crippen LogP contribution in [-0.2, 0) is 11.2 Å². The highest BCUT2D eigenvalue weighted by Gasteiger charge is 2.03. The Balaban J connectivity index is 1.62. The molecule has 2 aromatic rings. The molecule has 2 rings (SSSR count). The summed E-state index contributed by atoms with van der Waals surface area (Å²) >= 11 is 0. The quantitative estimate of drug-likeness (QED) is 0.664. The molecule has 0 saturated heterocycles. The summed E-state index contributed by atoms with van der Waals surface area (Å²) in [5, 5.41) is 2.89. The second kappa shape index (κ2) is 10.3. The van der Waals surface area contributed by atoms with Crippen LogP contribution in [0.3, 0.4) is 0 Å². The fraction of sp³-hybridized carbons (Fsp3) is 0.381. The van der Waals surface area contributed by atoms with Gasteiger partial charge in [0.05, 0.1) is 6.61 Å². The van der Waals surface area contributed by atoms with Crippen LogP contribution < -0.4 is 19.7 Å². The number of anilines is 1. The van der Waals surface area contributed by atoms with Crippen molar-refractivity contribution in [2.24, 2.45) is 0 Å². The van der Waals surface area contributed by atoms with Crippen LogP contribution >= 0.6 is 0 Å². The third kappa shape index (κ3) is 6.67. The van der Waals surface area contributed by atoms with Gasteiger partial charge in [-0.15, -0.1) is 0 Å². The standard InChI is InChI=1S/C21H28N2O3/c1-4-25-19-11-13-20(14-12-19)26-16-21(24)22-15-5-6-17-7-9-18(10-8-17)23(2)3/h7-14H,4-6,15-16H2,1-3H3,(H,22,24). The van der Waals surface area contributed by atoms with Gasteiger partial charge in [0.25, 0.3) is 5.91 Å². The molecule has 0 unspecified atom stereocenters. The van der Waals surface area contributed by atoms with E-state index in [2.05, 4.69) is 34.5 Å². The Kier molecular flexibility index (Phi) is 7.80. The second-order valence-electron chi connectivity index (χ2n) is 6.21. The molecule has 0 atom stereocenters. The molecule has 1 amide bonds. The molecule has 0 fully saturated rings. The van der Waals surface area contributed by atoms with E-state index in [9.17, 15) is 4.79 Å². The van der Waals surface area contributed by atoms with Crippen LogP contribution in [0, 0.1) is 0 Å². The lowest BCUT2D eigenvalue weighted by Gasteiger charge is -2.12.